The number of halogens is 1. The van der Waals surface area contributed by atoms with Crippen molar-refractivity contribution in [1.29, 1.82) is 0 Å². The Morgan fingerprint density at radius 3 is 2.80 bits per heavy atom. The minimum atomic E-state index is -0.214. The number of fused-ring (bicyclic) bond motifs is 1. The zero-order valence-corrected chi connectivity index (χ0v) is 13.2. The van der Waals surface area contributed by atoms with Gasteiger partial charge in [0.05, 0.1) is 0 Å². The van der Waals surface area contributed by atoms with E-state index in [4.69, 9.17) is 10.2 Å². The van der Waals surface area contributed by atoms with E-state index in [1.807, 2.05) is 18.2 Å². The van der Waals surface area contributed by atoms with Gasteiger partial charge in [-0.05, 0) is 36.6 Å². The standard InChI is InChI=1S/C15H19BrN2O2/c1-9(2)5-12(8-17)18-15(19)14-7-10-6-11(16)3-4-13(10)20-14/h3-4,6-7,9,12H,5,8,17H2,1-2H3,(H,18,19). The van der Waals surface area contributed by atoms with E-state index in [2.05, 4.69) is 35.1 Å². The number of carbonyl (C=O) groups is 1. The second-order valence-corrected chi connectivity index (χ2v) is 6.24. The van der Waals surface area contributed by atoms with Crippen molar-refractivity contribution < 1.29 is 9.21 Å². The average molecular weight is 339 g/mol. The Labute approximate surface area is 126 Å². The second kappa shape index (κ2) is 6.41. The van der Waals surface area contributed by atoms with Crippen molar-refractivity contribution in [3.05, 3.63) is 34.5 Å². The molecule has 1 aromatic heterocycles. The van der Waals surface area contributed by atoms with Gasteiger partial charge in [-0.15, -0.1) is 0 Å². The highest BCUT2D eigenvalue weighted by Crippen LogP contribution is 2.23. The number of carbonyl (C=O) groups excluding carboxylic acids is 1. The molecule has 20 heavy (non-hydrogen) atoms. The molecule has 0 aliphatic carbocycles. The van der Waals surface area contributed by atoms with E-state index < -0.39 is 0 Å². The highest BCUT2D eigenvalue weighted by atomic mass is 79.9. The predicted octanol–water partition coefficient (Wildman–Crippen LogP) is 3.30. The summed E-state index contributed by atoms with van der Waals surface area (Å²) in [6.07, 6.45) is 0.855. The van der Waals surface area contributed by atoms with Gasteiger partial charge >= 0.3 is 0 Å². The van der Waals surface area contributed by atoms with Crippen LogP contribution in [0.5, 0.6) is 0 Å². The maximum absolute atomic E-state index is 12.2. The maximum Gasteiger partial charge on any atom is 0.287 e. The van der Waals surface area contributed by atoms with Crippen LogP contribution in [0.4, 0.5) is 0 Å². The van der Waals surface area contributed by atoms with Crippen molar-refractivity contribution in [2.75, 3.05) is 6.54 Å². The van der Waals surface area contributed by atoms with Gasteiger partial charge < -0.3 is 15.5 Å². The van der Waals surface area contributed by atoms with Crippen LogP contribution in [0.15, 0.2) is 33.2 Å². The van der Waals surface area contributed by atoms with Crippen molar-refractivity contribution in [3.63, 3.8) is 0 Å². The molecule has 0 saturated carbocycles. The van der Waals surface area contributed by atoms with Gasteiger partial charge in [-0.2, -0.15) is 0 Å². The summed E-state index contributed by atoms with van der Waals surface area (Å²) in [5.74, 6) is 0.587. The quantitative estimate of drug-likeness (QED) is 0.878. The van der Waals surface area contributed by atoms with Crippen molar-refractivity contribution in [2.24, 2.45) is 11.7 Å². The Balaban J connectivity index is 2.14. The van der Waals surface area contributed by atoms with E-state index in [-0.39, 0.29) is 11.9 Å². The highest BCUT2D eigenvalue weighted by Gasteiger charge is 2.17. The molecule has 2 rings (SSSR count). The lowest BCUT2D eigenvalue weighted by atomic mass is 10.0. The average Bonchev–Trinajstić information content (AvgIpc) is 2.80. The monoisotopic (exact) mass is 338 g/mol. The van der Waals surface area contributed by atoms with Crippen LogP contribution in [0, 0.1) is 5.92 Å². The van der Waals surface area contributed by atoms with Crippen LogP contribution < -0.4 is 11.1 Å². The Hall–Kier alpha value is -1.33. The third kappa shape index (κ3) is 3.61. The van der Waals surface area contributed by atoms with E-state index in [1.165, 1.54) is 0 Å². The molecule has 0 saturated heterocycles. The summed E-state index contributed by atoms with van der Waals surface area (Å²) in [4.78, 5) is 12.2. The molecule has 108 valence electrons. The summed E-state index contributed by atoms with van der Waals surface area (Å²) < 4.78 is 6.52. The highest BCUT2D eigenvalue weighted by molar-refractivity contribution is 9.10. The number of benzene rings is 1. The normalized spacial score (nSPS) is 12.8. The molecule has 4 nitrogen and oxygen atoms in total. The number of furan rings is 1. The predicted molar refractivity (Wildman–Crippen MR) is 83.7 cm³/mol. The molecule has 0 fully saturated rings. The Kier molecular flexibility index (Phi) is 4.83. The maximum atomic E-state index is 12.2. The van der Waals surface area contributed by atoms with Gasteiger partial charge in [0.25, 0.3) is 5.91 Å². The number of nitrogens with two attached hydrogens (primary N) is 1. The molecule has 1 aromatic carbocycles. The summed E-state index contributed by atoms with van der Waals surface area (Å²) in [6, 6.07) is 7.37. The molecular formula is C15H19BrN2O2. The molecule has 0 aliphatic heterocycles. The fourth-order valence-electron chi connectivity index (χ4n) is 2.17. The van der Waals surface area contributed by atoms with Gasteiger partial charge in [0, 0.05) is 22.4 Å². The summed E-state index contributed by atoms with van der Waals surface area (Å²) in [7, 11) is 0. The van der Waals surface area contributed by atoms with Gasteiger partial charge in [-0.3, -0.25) is 4.79 Å². The van der Waals surface area contributed by atoms with Crippen LogP contribution in [-0.2, 0) is 0 Å². The second-order valence-electron chi connectivity index (χ2n) is 5.33. The number of nitrogens with one attached hydrogen (secondary N) is 1. The molecule has 3 N–H and O–H groups in total. The van der Waals surface area contributed by atoms with Crippen LogP contribution in [0.3, 0.4) is 0 Å². The van der Waals surface area contributed by atoms with Crippen molar-refractivity contribution >= 4 is 32.8 Å². The van der Waals surface area contributed by atoms with Crippen LogP contribution >= 0.6 is 15.9 Å². The smallest absolute Gasteiger partial charge is 0.287 e. The first-order valence-corrected chi connectivity index (χ1v) is 7.49. The van der Waals surface area contributed by atoms with E-state index in [0.29, 0.717) is 23.8 Å². The van der Waals surface area contributed by atoms with E-state index in [9.17, 15) is 4.79 Å². The van der Waals surface area contributed by atoms with Crippen molar-refractivity contribution in [1.82, 2.24) is 5.32 Å². The summed E-state index contributed by atoms with van der Waals surface area (Å²) in [5.41, 5.74) is 6.39. The van der Waals surface area contributed by atoms with E-state index >= 15 is 0 Å². The molecule has 5 heteroatoms. The van der Waals surface area contributed by atoms with Crippen molar-refractivity contribution in [3.8, 4) is 0 Å². The van der Waals surface area contributed by atoms with Gasteiger partial charge in [0.2, 0.25) is 0 Å². The molecule has 1 amide bonds. The summed E-state index contributed by atoms with van der Waals surface area (Å²) in [6.45, 7) is 4.64. The van der Waals surface area contributed by atoms with Crippen LogP contribution in [0.25, 0.3) is 11.0 Å². The zero-order valence-electron chi connectivity index (χ0n) is 11.7. The summed E-state index contributed by atoms with van der Waals surface area (Å²) >= 11 is 3.40. The lowest BCUT2D eigenvalue weighted by Gasteiger charge is -2.17. The minimum absolute atomic E-state index is 0.0255. The van der Waals surface area contributed by atoms with Crippen LogP contribution in [-0.4, -0.2) is 18.5 Å². The molecular weight excluding hydrogens is 320 g/mol. The van der Waals surface area contributed by atoms with Gasteiger partial charge in [-0.25, -0.2) is 0 Å². The number of hydrogen-bond acceptors (Lipinski definition) is 3. The molecule has 2 aromatic rings. The fourth-order valence-corrected chi connectivity index (χ4v) is 2.54. The summed E-state index contributed by atoms with van der Waals surface area (Å²) in [5, 5.41) is 3.82. The first kappa shape index (κ1) is 15.1. The Morgan fingerprint density at radius 2 is 2.15 bits per heavy atom. The van der Waals surface area contributed by atoms with Gasteiger partial charge in [0.1, 0.15) is 5.58 Å². The van der Waals surface area contributed by atoms with E-state index in [0.717, 1.165) is 16.3 Å². The molecule has 1 unspecified atom stereocenters. The molecule has 0 spiro atoms. The van der Waals surface area contributed by atoms with Crippen LogP contribution in [0.2, 0.25) is 0 Å². The topological polar surface area (TPSA) is 68.3 Å². The molecule has 1 atom stereocenters. The number of amides is 1. The SMILES string of the molecule is CC(C)CC(CN)NC(=O)c1cc2cc(Br)ccc2o1. The largest absolute Gasteiger partial charge is 0.451 e. The minimum Gasteiger partial charge on any atom is -0.451 e. The number of hydrogen-bond donors (Lipinski definition) is 2. The first-order chi connectivity index (χ1) is 9.49. The first-order valence-electron chi connectivity index (χ1n) is 6.69. The Morgan fingerprint density at radius 1 is 1.40 bits per heavy atom. The fraction of sp³-hybridized carbons (Fsp3) is 0.400. The third-order valence-electron chi connectivity index (χ3n) is 3.08. The molecule has 1 heterocycles. The number of rotatable bonds is 5. The van der Waals surface area contributed by atoms with E-state index in [1.54, 1.807) is 6.07 Å². The Bertz CT molecular complexity index is 607. The lowest BCUT2D eigenvalue weighted by molar-refractivity contribution is 0.0908. The van der Waals surface area contributed by atoms with Crippen LogP contribution in [0.1, 0.15) is 30.8 Å². The third-order valence-corrected chi connectivity index (χ3v) is 3.57. The molecule has 0 aliphatic rings. The van der Waals surface area contributed by atoms with Crippen molar-refractivity contribution in [2.45, 2.75) is 26.3 Å². The lowest BCUT2D eigenvalue weighted by Crippen LogP contribution is -2.40. The van der Waals surface area contributed by atoms with Gasteiger partial charge in [0.15, 0.2) is 5.76 Å². The van der Waals surface area contributed by atoms with Gasteiger partial charge in [-0.1, -0.05) is 29.8 Å². The molecule has 0 radical (unpaired) electrons. The molecule has 0 bridgehead atoms. The zero-order chi connectivity index (χ0) is 14.7.